The van der Waals surface area contributed by atoms with Gasteiger partial charge in [0.1, 0.15) is 30.2 Å². The van der Waals surface area contributed by atoms with Gasteiger partial charge in [-0.2, -0.15) is 9.61 Å². The number of nitrogens with zero attached hydrogens (tertiary/aromatic N) is 4. The highest BCUT2D eigenvalue weighted by Gasteiger charge is 2.53. The fourth-order valence-electron chi connectivity index (χ4n) is 2.48. The number of nitrogen functional groups attached to an aromatic ring is 1. The van der Waals surface area contributed by atoms with Gasteiger partial charge in [0.2, 0.25) is 5.95 Å². The van der Waals surface area contributed by atoms with Crippen molar-refractivity contribution in [2.45, 2.75) is 30.8 Å². The molecule has 108 valence electrons. The third-order valence-electron chi connectivity index (χ3n) is 3.61. The van der Waals surface area contributed by atoms with Crippen LogP contribution in [0.2, 0.25) is 0 Å². The molecular weight excluding hydrogens is 266 g/mol. The van der Waals surface area contributed by atoms with Crippen molar-refractivity contribution in [1.82, 2.24) is 19.6 Å². The zero-order chi connectivity index (χ0) is 14.5. The van der Waals surface area contributed by atoms with E-state index in [9.17, 15) is 15.3 Å². The highest BCUT2D eigenvalue weighted by molar-refractivity contribution is 5.51. The summed E-state index contributed by atoms with van der Waals surface area (Å²) in [4.78, 5) is 7.87. The maximum Gasteiger partial charge on any atom is 0.224 e. The quantitative estimate of drug-likeness (QED) is 0.508. The van der Waals surface area contributed by atoms with E-state index in [0.29, 0.717) is 11.2 Å². The largest absolute Gasteiger partial charge is 0.394 e. The number of hydrogen-bond acceptors (Lipinski definition) is 8. The molecule has 1 aliphatic rings. The molecular formula is C11H15N5O4. The summed E-state index contributed by atoms with van der Waals surface area (Å²) in [7, 11) is 0. The summed E-state index contributed by atoms with van der Waals surface area (Å²) in [5.74, 6) is 0.151. The van der Waals surface area contributed by atoms with E-state index in [4.69, 9.17) is 10.5 Å². The smallest absolute Gasteiger partial charge is 0.224 e. The van der Waals surface area contributed by atoms with Gasteiger partial charge >= 0.3 is 0 Å². The van der Waals surface area contributed by atoms with Gasteiger partial charge in [-0.15, -0.1) is 0 Å². The van der Waals surface area contributed by atoms with E-state index in [2.05, 4.69) is 15.1 Å². The van der Waals surface area contributed by atoms with Crippen LogP contribution in [0.1, 0.15) is 18.6 Å². The van der Waals surface area contributed by atoms with Crippen LogP contribution in [0.5, 0.6) is 0 Å². The Morgan fingerprint density at radius 3 is 2.90 bits per heavy atom. The highest BCUT2D eigenvalue weighted by Crippen LogP contribution is 2.42. The third kappa shape index (κ3) is 1.68. The number of aromatic nitrogens is 4. The van der Waals surface area contributed by atoms with Crippen molar-refractivity contribution < 1.29 is 20.1 Å². The van der Waals surface area contributed by atoms with Gasteiger partial charge in [0, 0.05) is 5.56 Å². The predicted octanol–water partition coefficient (Wildman–Crippen LogP) is -1.75. The lowest BCUT2D eigenvalue weighted by atomic mass is 9.90. The van der Waals surface area contributed by atoms with Crippen molar-refractivity contribution in [3.05, 3.63) is 18.1 Å². The summed E-state index contributed by atoms with van der Waals surface area (Å²) in [5.41, 5.74) is 4.95. The average molecular weight is 281 g/mol. The molecule has 0 radical (unpaired) electrons. The van der Waals surface area contributed by atoms with E-state index >= 15 is 0 Å². The van der Waals surface area contributed by atoms with Crippen LogP contribution in [-0.2, 0) is 4.74 Å². The van der Waals surface area contributed by atoms with Gasteiger partial charge in [-0.3, -0.25) is 0 Å². The first kappa shape index (κ1) is 13.2. The molecule has 0 saturated carbocycles. The molecule has 3 rings (SSSR count). The van der Waals surface area contributed by atoms with Gasteiger partial charge < -0.3 is 25.8 Å². The molecule has 9 heteroatoms. The molecule has 2 aromatic heterocycles. The zero-order valence-electron chi connectivity index (χ0n) is 10.7. The number of anilines is 1. The number of hydrogen-bond donors (Lipinski definition) is 4. The molecule has 0 aliphatic carbocycles. The summed E-state index contributed by atoms with van der Waals surface area (Å²) >= 11 is 0. The molecule has 0 unspecified atom stereocenters. The van der Waals surface area contributed by atoms with E-state index < -0.39 is 30.5 Å². The minimum absolute atomic E-state index is 0.151. The van der Waals surface area contributed by atoms with Crippen molar-refractivity contribution in [3.8, 4) is 0 Å². The molecule has 20 heavy (non-hydrogen) atoms. The summed E-state index contributed by atoms with van der Waals surface area (Å²) in [5, 5.41) is 33.6. The van der Waals surface area contributed by atoms with Gasteiger partial charge in [0.25, 0.3) is 0 Å². The Bertz CT molecular complexity index is 643. The maximum atomic E-state index is 10.4. The van der Waals surface area contributed by atoms with E-state index in [1.54, 1.807) is 0 Å². The van der Waals surface area contributed by atoms with E-state index in [0.717, 1.165) is 0 Å². The molecule has 1 saturated heterocycles. The lowest BCUT2D eigenvalue weighted by Crippen LogP contribution is -2.43. The van der Waals surface area contributed by atoms with Crippen molar-refractivity contribution in [1.29, 1.82) is 0 Å². The van der Waals surface area contributed by atoms with E-state index in [1.165, 1.54) is 24.0 Å². The minimum atomic E-state index is -1.57. The second-order valence-electron chi connectivity index (χ2n) is 4.97. The van der Waals surface area contributed by atoms with Gasteiger partial charge in [-0.25, -0.2) is 9.97 Å². The molecule has 1 fully saturated rings. The van der Waals surface area contributed by atoms with Gasteiger partial charge in [0.15, 0.2) is 5.65 Å². The normalized spacial score (nSPS) is 33.9. The van der Waals surface area contributed by atoms with Crippen LogP contribution in [0, 0.1) is 0 Å². The fourth-order valence-corrected chi connectivity index (χ4v) is 2.48. The summed E-state index contributed by atoms with van der Waals surface area (Å²) in [6.45, 7) is 1.04. The van der Waals surface area contributed by atoms with Crippen LogP contribution in [-0.4, -0.2) is 59.3 Å². The third-order valence-corrected chi connectivity index (χ3v) is 3.61. The Labute approximate surface area is 113 Å². The Morgan fingerprint density at radius 2 is 2.25 bits per heavy atom. The van der Waals surface area contributed by atoms with Crippen LogP contribution in [0.25, 0.3) is 5.65 Å². The summed E-state index contributed by atoms with van der Waals surface area (Å²) in [6, 6.07) is 0. The number of fused-ring (bicyclic) bond motifs is 1. The van der Waals surface area contributed by atoms with Crippen LogP contribution >= 0.6 is 0 Å². The second kappa shape index (κ2) is 4.35. The van der Waals surface area contributed by atoms with Crippen molar-refractivity contribution in [3.63, 3.8) is 0 Å². The molecule has 5 N–H and O–H groups in total. The molecule has 2 aromatic rings. The monoisotopic (exact) mass is 281 g/mol. The van der Waals surface area contributed by atoms with Crippen LogP contribution in [0.4, 0.5) is 5.95 Å². The number of nitrogens with two attached hydrogens (primary N) is 1. The molecule has 0 aromatic carbocycles. The summed E-state index contributed by atoms with van der Waals surface area (Å²) < 4.78 is 6.84. The van der Waals surface area contributed by atoms with E-state index in [-0.39, 0.29) is 5.95 Å². The minimum Gasteiger partial charge on any atom is -0.394 e. The highest BCUT2D eigenvalue weighted by atomic mass is 16.6. The molecule has 0 amide bonds. The Balaban J connectivity index is 2.10. The Kier molecular flexibility index (Phi) is 2.87. The lowest BCUT2D eigenvalue weighted by molar-refractivity contribution is -0.0641. The second-order valence-corrected chi connectivity index (χ2v) is 4.97. The SMILES string of the molecule is C[C@@]1(O)[C@H](O)[C@@H](CO)O[C@H]1c1cnn2c(N)ncnc12. The Morgan fingerprint density at radius 1 is 1.50 bits per heavy atom. The Hall–Kier alpha value is -1.81. The van der Waals surface area contributed by atoms with Gasteiger partial charge in [0.05, 0.1) is 12.8 Å². The predicted molar refractivity (Wildman–Crippen MR) is 66.5 cm³/mol. The number of ether oxygens (including phenoxy) is 1. The standard InChI is InChI=1S/C11H15N5O4/c1-11(19)7(18)6(3-17)20-8(11)5-2-15-16-9(5)13-4-14-10(16)12/h2,4,6-8,17-19H,3H2,1H3,(H2,12,13,14)/t6-,7-,8+,11-/m1/s1. The number of aliphatic hydroxyl groups is 3. The molecule has 1 aliphatic heterocycles. The van der Waals surface area contributed by atoms with Crippen molar-refractivity contribution in [2.75, 3.05) is 12.3 Å². The maximum absolute atomic E-state index is 10.4. The first-order valence-electron chi connectivity index (χ1n) is 6.07. The zero-order valence-corrected chi connectivity index (χ0v) is 10.7. The average Bonchev–Trinajstić information content (AvgIpc) is 2.92. The van der Waals surface area contributed by atoms with Crippen LogP contribution in [0.3, 0.4) is 0 Å². The van der Waals surface area contributed by atoms with Gasteiger partial charge in [-0.1, -0.05) is 0 Å². The van der Waals surface area contributed by atoms with Crippen molar-refractivity contribution >= 4 is 11.6 Å². The van der Waals surface area contributed by atoms with Crippen molar-refractivity contribution in [2.24, 2.45) is 0 Å². The van der Waals surface area contributed by atoms with Crippen LogP contribution in [0.15, 0.2) is 12.5 Å². The molecule has 0 spiro atoms. The molecule has 0 bridgehead atoms. The molecule has 9 nitrogen and oxygen atoms in total. The fraction of sp³-hybridized carbons (Fsp3) is 0.545. The lowest BCUT2D eigenvalue weighted by Gasteiger charge is -2.25. The number of aliphatic hydroxyl groups excluding tert-OH is 2. The number of rotatable bonds is 2. The topological polar surface area (TPSA) is 139 Å². The molecule has 4 atom stereocenters. The van der Waals surface area contributed by atoms with E-state index in [1.807, 2.05) is 0 Å². The van der Waals surface area contributed by atoms with Crippen LogP contribution < -0.4 is 5.73 Å². The first-order valence-corrected chi connectivity index (χ1v) is 6.07. The first-order chi connectivity index (χ1) is 9.46. The van der Waals surface area contributed by atoms with Gasteiger partial charge in [-0.05, 0) is 6.92 Å². The summed E-state index contributed by atoms with van der Waals surface area (Å²) in [6.07, 6.45) is -0.233. The molecule has 3 heterocycles.